The number of nitrogens with one attached hydrogen (secondary N) is 1. The van der Waals surface area contributed by atoms with Gasteiger partial charge in [-0.3, -0.25) is 9.59 Å². The van der Waals surface area contributed by atoms with E-state index in [9.17, 15) is 14.8 Å². The molecule has 1 heterocycles. The zero-order valence-corrected chi connectivity index (χ0v) is 19.3. The van der Waals surface area contributed by atoms with Crippen molar-refractivity contribution in [1.82, 2.24) is 5.32 Å². The summed E-state index contributed by atoms with van der Waals surface area (Å²) in [4.78, 5) is 25.4. The molecule has 0 spiro atoms. The number of pyridine rings is 1. The van der Waals surface area contributed by atoms with Gasteiger partial charge in [-0.1, -0.05) is 35.5 Å². The molecule has 1 amide bonds. The molecule has 1 unspecified atom stereocenters. The number of nitrogens with zero attached hydrogens (tertiary/aromatic N) is 2. The van der Waals surface area contributed by atoms with Crippen LogP contribution in [-0.4, -0.2) is 35.9 Å². The topological polar surface area (TPSA) is 115 Å². The lowest BCUT2D eigenvalue weighted by Gasteiger charge is -2.23. The molecule has 0 aliphatic carbocycles. The van der Waals surface area contributed by atoms with E-state index in [0.29, 0.717) is 22.4 Å². The second-order valence-corrected chi connectivity index (χ2v) is 8.01. The van der Waals surface area contributed by atoms with E-state index < -0.39 is 17.9 Å². The molecule has 34 heavy (non-hydrogen) atoms. The van der Waals surface area contributed by atoms with E-state index >= 15 is 0 Å². The van der Waals surface area contributed by atoms with Crippen LogP contribution in [0.5, 0.6) is 0 Å². The Morgan fingerprint density at radius 2 is 1.71 bits per heavy atom. The molecular formula is C26H27N3O5. The number of rotatable bonds is 8. The van der Waals surface area contributed by atoms with Gasteiger partial charge in [0.1, 0.15) is 0 Å². The lowest BCUT2D eigenvalue weighted by molar-refractivity contribution is -0.605. The number of carbonyl (C=O) groups is 2. The third-order valence-electron chi connectivity index (χ3n) is 5.70. The van der Waals surface area contributed by atoms with Crippen molar-refractivity contribution in [2.24, 2.45) is 11.1 Å². The molecule has 0 saturated carbocycles. The van der Waals surface area contributed by atoms with E-state index in [1.54, 1.807) is 50.2 Å². The van der Waals surface area contributed by atoms with Crippen molar-refractivity contribution in [3.63, 3.8) is 0 Å². The van der Waals surface area contributed by atoms with Gasteiger partial charge in [0.05, 0.1) is 18.7 Å². The third-order valence-corrected chi connectivity index (χ3v) is 5.70. The number of esters is 1. The summed E-state index contributed by atoms with van der Waals surface area (Å²) in [6, 6.07) is 17.3. The minimum Gasteiger partial charge on any atom is -0.619 e. The van der Waals surface area contributed by atoms with E-state index in [1.165, 1.54) is 19.5 Å². The van der Waals surface area contributed by atoms with Gasteiger partial charge in [-0.15, -0.1) is 0 Å². The number of amides is 1. The van der Waals surface area contributed by atoms with Crippen LogP contribution in [-0.2, 0) is 16.0 Å². The first kappa shape index (κ1) is 24.4. The van der Waals surface area contributed by atoms with Crippen molar-refractivity contribution >= 4 is 17.6 Å². The highest BCUT2D eigenvalue weighted by Crippen LogP contribution is 2.20. The predicted molar refractivity (Wildman–Crippen MR) is 127 cm³/mol. The summed E-state index contributed by atoms with van der Waals surface area (Å²) in [7, 11) is 1.32. The quantitative estimate of drug-likeness (QED) is 0.133. The van der Waals surface area contributed by atoms with E-state index in [1.807, 2.05) is 24.3 Å². The number of aromatic nitrogens is 1. The average molecular weight is 462 g/mol. The van der Waals surface area contributed by atoms with Crippen molar-refractivity contribution in [3.05, 3.63) is 95.0 Å². The van der Waals surface area contributed by atoms with E-state index in [0.717, 1.165) is 22.3 Å². The van der Waals surface area contributed by atoms with Gasteiger partial charge in [0.25, 0.3) is 5.91 Å². The fourth-order valence-corrected chi connectivity index (χ4v) is 3.66. The second kappa shape index (κ2) is 11.1. The molecule has 1 aromatic heterocycles. The predicted octanol–water partition coefficient (Wildman–Crippen LogP) is 3.34. The van der Waals surface area contributed by atoms with Crippen molar-refractivity contribution in [3.8, 4) is 11.1 Å². The lowest BCUT2D eigenvalue weighted by atomic mass is 9.91. The Hall–Kier alpha value is -4.20. The molecule has 8 nitrogen and oxygen atoms in total. The highest BCUT2D eigenvalue weighted by atomic mass is 16.5. The molecule has 2 aromatic carbocycles. The summed E-state index contributed by atoms with van der Waals surface area (Å²) >= 11 is 0. The van der Waals surface area contributed by atoms with Crippen LogP contribution in [0, 0.1) is 11.1 Å². The molecule has 0 saturated heterocycles. The molecule has 176 valence electrons. The van der Waals surface area contributed by atoms with Crippen LogP contribution in [0.4, 0.5) is 0 Å². The van der Waals surface area contributed by atoms with Crippen LogP contribution in [0.2, 0.25) is 0 Å². The number of benzene rings is 2. The fourth-order valence-electron chi connectivity index (χ4n) is 3.66. The molecule has 0 aliphatic rings. The summed E-state index contributed by atoms with van der Waals surface area (Å²) in [6.07, 6.45) is 3.17. The Kier molecular flexibility index (Phi) is 7.97. The first-order chi connectivity index (χ1) is 16.3. The number of methoxy groups -OCH3 is 1. The van der Waals surface area contributed by atoms with E-state index in [-0.39, 0.29) is 5.91 Å². The smallest absolute Gasteiger partial charge is 0.311 e. The Bertz CT molecular complexity index is 1170. The molecule has 2 N–H and O–H groups in total. The van der Waals surface area contributed by atoms with Gasteiger partial charge in [0.15, 0.2) is 12.4 Å². The summed E-state index contributed by atoms with van der Waals surface area (Å²) in [5.74, 6) is -1.35. The number of hydrogen-bond donors (Lipinski definition) is 2. The first-order valence-electron chi connectivity index (χ1n) is 10.8. The Morgan fingerprint density at radius 1 is 1.06 bits per heavy atom. The maximum Gasteiger partial charge on any atom is 0.311 e. The maximum absolute atomic E-state index is 12.8. The maximum atomic E-state index is 12.8. The van der Waals surface area contributed by atoms with E-state index in [2.05, 4.69) is 10.5 Å². The fraction of sp³-hybridized carbons (Fsp3) is 0.231. The molecule has 0 aliphatic heterocycles. The van der Waals surface area contributed by atoms with Gasteiger partial charge in [0, 0.05) is 23.7 Å². The van der Waals surface area contributed by atoms with Crippen LogP contribution >= 0.6 is 0 Å². The van der Waals surface area contributed by atoms with Crippen LogP contribution in [0.15, 0.2) is 78.2 Å². The molecular weight excluding hydrogens is 434 g/mol. The van der Waals surface area contributed by atoms with Gasteiger partial charge in [-0.05, 0) is 60.7 Å². The summed E-state index contributed by atoms with van der Waals surface area (Å²) in [5, 5.41) is 26.4. The summed E-state index contributed by atoms with van der Waals surface area (Å²) < 4.78 is 5.70. The molecule has 8 heteroatoms. The standard InChI is InChI=1S/C26H27N3O5/c1-17(28-32)23-6-4-5-19(15-23)16-24(26(31)34-3)18(2)27-25(30)22-9-7-20(8-10-22)21-11-13-29(33)14-12-21/h4-15,18,24,32H,16H2,1-3H3,(H,27,30)/b28-17-/t18?,24-/m1/s1. The summed E-state index contributed by atoms with van der Waals surface area (Å²) in [5.41, 5.74) is 4.24. The van der Waals surface area contributed by atoms with Gasteiger partial charge < -0.3 is 20.5 Å². The normalized spacial score (nSPS) is 13.1. The van der Waals surface area contributed by atoms with Crippen LogP contribution in [0.3, 0.4) is 0 Å². The largest absolute Gasteiger partial charge is 0.619 e. The van der Waals surface area contributed by atoms with Crippen molar-refractivity contribution in [2.45, 2.75) is 26.3 Å². The van der Waals surface area contributed by atoms with E-state index in [4.69, 9.17) is 9.94 Å². The van der Waals surface area contributed by atoms with Gasteiger partial charge in [0.2, 0.25) is 0 Å². The minimum atomic E-state index is -0.613. The van der Waals surface area contributed by atoms with Crippen LogP contribution in [0.1, 0.15) is 35.3 Å². The first-order valence-corrected chi connectivity index (χ1v) is 10.8. The molecule has 3 aromatic rings. The zero-order valence-electron chi connectivity index (χ0n) is 19.3. The Morgan fingerprint density at radius 3 is 2.32 bits per heavy atom. The number of oxime groups is 1. The summed E-state index contributed by atoms with van der Waals surface area (Å²) in [6.45, 7) is 3.45. The molecule has 3 rings (SSSR count). The van der Waals surface area contributed by atoms with Crippen molar-refractivity contribution < 1.29 is 24.3 Å². The lowest BCUT2D eigenvalue weighted by Crippen LogP contribution is -2.42. The van der Waals surface area contributed by atoms with Crippen LogP contribution < -0.4 is 10.0 Å². The van der Waals surface area contributed by atoms with Gasteiger partial charge in [-0.25, -0.2) is 0 Å². The monoisotopic (exact) mass is 461 g/mol. The molecule has 0 radical (unpaired) electrons. The third kappa shape index (κ3) is 5.98. The SMILES string of the molecule is COC(=O)[C@H](Cc1cccc(/C(C)=N\O)c1)C(C)NC(=O)c1ccc(-c2cc[n+]([O-])cc2)cc1. The average Bonchev–Trinajstić information content (AvgIpc) is 2.87. The Labute approximate surface area is 198 Å². The highest BCUT2D eigenvalue weighted by molar-refractivity contribution is 5.98. The Balaban J connectivity index is 1.72. The second-order valence-electron chi connectivity index (χ2n) is 8.01. The molecule has 2 atom stereocenters. The molecule has 0 bridgehead atoms. The number of ether oxygens (including phenoxy) is 1. The highest BCUT2D eigenvalue weighted by Gasteiger charge is 2.28. The van der Waals surface area contributed by atoms with Gasteiger partial charge in [-0.2, -0.15) is 4.73 Å². The van der Waals surface area contributed by atoms with Crippen molar-refractivity contribution in [1.29, 1.82) is 0 Å². The van der Waals surface area contributed by atoms with Crippen LogP contribution in [0.25, 0.3) is 11.1 Å². The number of hydrogen-bond acceptors (Lipinski definition) is 6. The zero-order chi connectivity index (χ0) is 24.7. The molecule has 0 fully saturated rings. The van der Waals surface area contributed by atoms with Crippen molar-refractivity contribution in [2.75, 3.05) is 7.11 Å². The van der Waals surface area contributed by atoms with Gasteiger partial charge >= 0.3 is 5.97 Å². The minimum absolute atomic E-state index is 0.310. The number of carbonyl (C=O) groups excluding carboxylic acids is 2.